The quantitative estimate of drug-likeness (QED) is 0.269. The molecule has 3 aromatic carbocycles. The van der Waals surface area contributed by atoms with Crippen LogP contribution in [0.4, 0.5) is 0 Å². The summed E-state index contributed by atoms with van der Waals surface area (Å²) < 4.78 is 2.37. The molecule has 0 bridgehead atoms. The van der Waals surface area contributed by atoms with E-state index in [2.05, 4.69) is 104 Å². The number of hydrogen-bond donors (Lipinski definition) is 0. The summed E-state index contributed by atoms with van der Waals surface area (Å²) in [7, 11) is 0. The standard InChI is InChI=1S/C28H22N2S/c1-2-3-4-6-12-20-13-11-16-22(19-20)28-29-25(21-14-7-5-8-15-21)27-26(30-28)23-17-9-10-18-24(23)31-27/h3-19H,2H2,1H3/b4-3-,12-6+. The molecule has 0 atom stereocenters. The second-order valence-corrected chi connectivity index (χ2v) is 8.41. The van der Waals surface area contributed by atoms with Crippen molar-refractivity contribution in [2.24, 2.45) is 0 Å². The SMILES string of the molecule is CC/C=C\C=C\c1cccc(-c2nc(-c3ccccc3)c3sc4ccccc4c3n2)c1. The Labute approximate surface area is 186 Å². The third-order valence-electron chi connectivity index (χ3n) is 5.18. The van der Waals surface area contributed by atoms with Gasteiger partial charge in [-0.1, -0.05) is 98.0 Å². The Balaban J connectivity index is 1.70. The van der Waals surface area contributed by atoms with Crippen molar-refractivity contribution in [2.45, 2.75) is 13.3 Å². The zero-order valence-electron chi connectivity index (χ0n) is 17.3. The van der Waals surface area contributed by atoms with Gasteiger partial charge in [0.1, 0.15) is 0 Å². The van der Waals surface area contributed by atoms with Crippen molar-refractivity contribution in [2.75, 3.05) is 0 Å². The summed E-state index contributed by atoms with van der Waals surface area (Å²) in [6.07, 6.45) is 9.46. The van der Waals surface area contributed by atoms with E-state index < -0.39 is 0 Å². The van der Waals surface area contributed by atoms with Crippen molar-refractivity contribution < 1.29 is 0 Å². The van der Waals surface area contributed by atoms with Gasteiger partial charge < -0.3 is 0 Å². The number of benzene rings is 3. The van der Waals surface area contributed by atoms with Crippen LogP contribution in [-0.2, 0) is 0 Å². The van der Waals surface area contributed by atoms with E-state index in [0.717, 1.165) is 44.8 Å². The fourth-order valence-electron chi connectivity index (χ4n) is 3.67. The molecule has 3 heteroatoms. The Hall–Kier alpha value is -3.56. The Kier molecular flexibility index (Phi) is 5.42. The molecule has 5 rings (SSSR count). The number of thiophene rings is 1. The van der Waals surface area contributed by atoms with Gasteiger partial charge in [-0.25, -0.2) is 9.97 Å². The van der Waals surface area contributed by atoms with Crippen molar-refractivity contribution in [1.82, 2.24) is 9.97 Å². The molecule has 0 unspecified atom stereocenters. The monoisotopic (exact) mass is 418 g/mol. The van der Waals surface area contributed by atoms with Crippen LogP contribution in [0.2, 0.25) is 0 Å². The maximum absolute atomic E-state index is 5.05. The summed E-state index contributed by atoms with van der Waals surface area (Å²) in [5, 5.41) is 1.18. The van der Waals surface area contributed by atoms with Crippen LogP contribution in [0.25, 0.3) is 49.0 Å². The Morgan fingerprint density at radius 2 is 1.61 bits per heavy atom. The van der Waals surface area contributed by atoms with Crippen LogP contribution in [0, 0.1) is 0 Å². The number of aromatic nitrogens is 2. The second-order valence-electron chi connectivity index (χ2n) is 7.36. The zero-order valence-corrected chi connectivity index (χ0v) is 18.1. The third-order valence-corrected chi connectivity index (χ3v) is 6.35. The highest BCUT2D eigenvalue weighted by atomic mass is 32.1. The second kappa shape index (κ2) is 8.66. The first-order chi connectivity index (χ1) is 15.3. The highest BCUT2D eigenvalue weighted by Crippen LogP contribution is 2.39. The van der Waals surface area contributed by atoms with E-state index >= 15 is 0 Å². The van der Waals surface area contributed by atoms with Gasteiger partial charge in [-0.2, -0.15) is 0 Å². The maximum atomic E-state index is 5.05. The molecule has 0 aliphatic carbocycles. The number of fused-ring (bicyclic) bond motifs is 3. The first kappa shape index (κ1) is 19.4. The van der Waals surface area contributed by atoms with Gasteiger partial charge >= 0.3 is 0 Å². The van der Waals surface area contributed by atoms with Crippen LogP contribution in [0.3, 0.4) is 0 Å². The fraction of sp³-hybridized carbons (Fsp3) is 0.0714. The summed E-state index contributed by atoms with van der Waals surface area (Å²) in [5.74, 6) is 0.759. The Morgan fingerprint density at radius 1 is 0.806 bits per heavy atom. The number of hydrogen-bond acceptors (Lipinski definition) is 3. The average Bonchev–Trinajstić information content (AvgIpc) is 3.21. The van der Waals surface area contributed by atoms with Crippen LogP contribution >= 0.6 is 11.3 Å². The summed E-state index contributed by atoms with van der Waals surface area (Å²) >= 11 is 1.76. The van der Waals surface area contributed by atoms with Gasteiger partial charge in [0, 0.05) is 21.2 Å². The van der Waals surface area contributed by atoms with Crippen molar-refractivity contribution in [1.29, 1.82) is 0 Å². The molecule has 0 aliphatic heterocycles. The predicted molar refractivity (Wildman–Crippen MR) is 134 cm³/mol. The first-order valence-corrected chi connectivity index (χ1v) is 11.3. The lowest BCUT2D eigenvalue weighted by atomic mass is 10.1. The lowest BCUT2D eigenvalue weighted by Gasteiger charge is -2.07. The van der Waals surface area contributed by atoms with Crippen LogP contribution < -0.4 is 0 Å². The van der Waals surface area contributed by atoms with E-state index in [1.807, 2.05) is 6.07 Å². The van der Waals surface area contributed by atoms with Crippen LogP contribution in [0.5, 0.6) is 0 Å². The van der Waals surface area contributed by atoms with E-state index in [-0.39, 0.29) is 0 Å². The molecule has 31 heavy (non-hydrogen) atoms. The van der Waals surface area contributed by atoms with Crippen LogP contribution in [0.15, 0.2) is 97.1 Å². The van der Waals surface area contributed by atoms with E-state index in [1.54, 1.807) is 11.3 Å². The van der Waals surface area contributed by atoms with Crippen molar-refractivity contribution >= 4 is 37.7 Å². The van der Waals surface area contributed by atoms with Crippen molar-refractivity contribution in [3.8, 4) is 22.6 Å². The normalized spacial score (nSPS) is 11.9. The molecule has 2 heterocycles. The van der Waals surface area contributed by atoms with E-state index in [9.17, 15) is 0 Å². The fourth-order valence-corrected chi connectivity index (χ4v) is 4.83. The molecule has 0 N–H and O–H groups in total. The van der Waals surface area contributed by atoms with Gasteiger partial charge in [-0.15, -0.1) is 11.3 Å². The van der Waals surface area contributed by atoms with E-state index in [1.165, 1.54) is 10.1 Å². The lowest BCUT2D eigenvalue weighted by Crippen LogP contribution is -1.93. The van der Waals surface area contributed by atoms with Crippen molar-refractivity contribution in [3.63, 3.8) is 0 Å². The minimum atomic E-state index is 0.759. The molecule has 0 spiro atoms. The molecule has 150 valence electrons. The highest BCUT2D eigenvalue weighted by Gasteiger charge is 2.16. The molecular weight excluding hydrogens is 396 g/mol. The average molecular weight is 419 g/mol. The largest absolute Gasteiger partial charge is 0.226 e. The summed E-state index contributed by atoms with van der Waals surface area (Å²) in [5.41, 5.74) is 5.29. The molecule has 0 saturated carbocycles. The summed E-state index contributed by atoms with van der Waals surface area (Å²) in [6, 6.07) is 27.3. The topological polar surface area (TPSA) is 25.8 Å². The molecular formula is C28H22N2S. The molecule has 0 aliphatic rings. The highest BCUT2D eigenvalue weighted by molar-refractivity contribution is 7.26. The van der Waals surface area contributed by atoms with Gasteiger partial charge in [-0.05, 0) is 24.1 Å². The van der Waals surface area contributed by atoms with E-state index in [0.29, 0.717) is 0 Å². The third kappa shape index (κ3) is 3.92. The van der Waals surface area contributed by atoms with Gasteiger partial charge in [0.2, 0.25) is 0 Å². The molecule has 0 fully saturated rings. The minimum Gasteiger partial charge on any atom is -0.226 e. The predicted octanol–water partition coefficient (Wildman–Crippen LogP) is 8.16. The maximum Gasteiger partial charge on any atom is 0.160 e. The number of rotatable bonds is 5. The minimum absolute atomic E-state index is 0.759. The molecule has 0 radical (unpaired) electrons. The number of nitrogens with zero attached hydrogens (tertiary/aromatic N) is 2. The zero-order chi connectivity index (χ0) is 21.0. The van der Waals surface area contributed by atoms with Gasteiger partial charge in [-0.3, -0.25) is 0 Å². The smallest absolute Gasteiger partial charge is 0.160 e. The van der Waals surface area contributed by atoms with Gasteiger partial charge in [0.15, 0.2) is 5.82 Å². The van der Waals surface area contributed by atoms with Crippen LogP contribution in [0.1, 0.15) is 18.9 Å². The number of allylic oxidation sites excluding steroid dienone is 3. The Bertz CT molecular complexity index is 1410. The van der Waals surface area contributed by atoms with Crippen LogP contribution in [-0.4, -0.2) is 9.97 Å². The van der Waals surface area contributed by atoms with Gasteiger partial charge in [0.05, 0.1) is 15.9 Å². The molecule has 5 aromatic rings. The Morgan fingerprint density at radius 3 is 2.48 bits per heavy atom. The van der Waals surface area contributed by atoms with Gasteiger partial charge in [0.25, 0.3) is 0 Å². The lowest BCUT2D eigenvalue weighted by molar-refractivity contribution is 1.22. The molecule has 0 saturated heterocycles. The summed E-state index contributed by atoms with van der Waals surface area (Å²) in [6.45, 7) is 2.14. The van der Waals surface area contributed by atoms with Crippen molar-refractivity contribution in [3.05, 3.63) is 103 Å². The molecule has 0 amide bonds. The molecule has 2 nitrogen and oxygen atoms in total. The van der Waals surface area contributed by atoms with E-state index in [4.69, 9.17) is 9.97 Å². The molecule has 2 aromatic heterocycles. The first-order valence-electron chi connectivity index (χ1n) is 10.5. The summed E-state index contributed by atoms with van der Waals surface area (Å²) in [4.78, 5) is 10.1.